The lowest BCUT2D eigenvalue weighted by Gasteiger charge is -2.14. The molecule has 0 unspecified atom stereocenters. The lowest BCUT2D eigenvalue weighted by molar-refractivity contribution is 0.0952. The van der Waals surface area contributed by atoms with Crippen molar-refractivity contribution in [3.05, 3.63) is 102 Å². The zero-order chi connectivity index (χ0) is 21.0. The SMILES string of the molecule is O=C(NCc1ccccc1)c1ccccc1NS(=O)(=O)c1cccc2cccnc12. The van der Waals surface area contributed by atoms with E-state index < -0.39 is 10.0 Å². The average Bonchev–Trinajstić information content (AvgIpc) is 2.78. The number of pyridine rings is 1. The number of nitrogens with one attached hydrogen (secondary N) is 2. The summed E-state index contributed by atoms with van der Waals surface area (Å²) < 4.78 is 28.7. The number of benzene rings is 3. The molecule has 7 heteroatoms. The Bertz CT molecular complexity index is 1300. The van der Waals surface area contributed by atoms with Gasteiger partial charge in [0.15, 0.2) is 0 Å². The van der Waals surface area contributed by atoms with Crippen LogP contribution in [0, 0.1) is 0 Å². The Labute approximate surface area is 174 Å². The molecule has 0 aliphatic rings. The predicted octanol–water partition coefficient (Wildman–Crippen LogP) is 3.97. The minimum atomic E-state index is -3.96. The third kappa shape index (κ3) is 4.16. The molecule has 150 valence electrons. The van der Waals surface area contributed by atoms with E-state index >= 15 is 0 Å². The van der Waals surface area contributed by atoms with E-state index in [2.05, 4.69) is 15.0 Å². The van der Waals surface area contributed by atoms with Gasteiger partial charge in [-0.1, -0.05) is 60.7 Å². The fraction of sp³-hybridized carbons (Fsp3) is 0.0435. The molecule has 2 N–H and O–H groups in total. The van der Waals surface area contributed by atoms with E-state index in [0.717, 1.165) is 5.56 Å². The van der Waals surface area contributed by atoms with Gasteiger partial charge in [0, 0.05) is 18.1 Å². The van der Waals surface area contributed by atoms with Crippen LogP contribution in [0.2, 0.25) is 0 Å². The maximum atomic E-state index is 13.1. The molecule has 6 nitrogen and oxygen atoms in total. The summed E-state index contributed by atoms with van der Waals surface area (Å²) in [6, 6.07) is 24.5. The second kappa shape index (κ2) is 8.34. The molecule has 0 atom stereocenters. The van der Waals surface area contributed by atoms with Gasteiger partial charge in [-0.15, -0.1) is 0 Å². The second-order valence-corrected chi connectivity index (χ2v) is 8.30. The lowest BCUT2D eigenvalue weighted by Crippen LogP contribution is -2.25. The quantitative estimate of drug-likeness (QED) is 0.497. The largest absolute Gasteiger partial charge is 0.348 e. The topological polar surface area (TPSA) is 88.2 Å². The number of fused-ring (bicyclic) bond motifs is 1. The molecule has 30 heavy (non-hydrogen) atoms. The molecule has 1 amide bonds. The Morgan fingerprint density at radius 3 is 2.40 bits per heavy atom. The molecular weight excluding hydrogens is 398 g/mol. The smallest absolute Gasteiger partial charge is 0.264 e. The van der Waals surface area contributed by atoms with Crippen molar-refractivity contribution in [3.8, 4) is 0 Å². The molecule has 0 radical (unpaired) electrons. The molecule has 0 saturated carbocycles. The molecule has 0 aliphatic carbocycles. The Hall–Kier alpha value is -3.71. The van der Waals surface area contributed by atoms with Crippen LogP contribution in [0.3, 0.4) is 0 Å². The molecule has 1 heterocycles. The summed E-state index contributed by atoms with van der Waals surface area (Å²) in [5, 5.41) is 3.54. The molecule has 3 aromatic carbocycles. The number of nitrogens with zero attached hydrogens (tertiary/aromatic N) is 1. The van der Waals surface area contributed by atoms with Crippen LogP contribution in [-0.2, 0) is 16.6 Å². The summed E-state index contributed by atoms with van der Waals surface area (Å²) in [5.74, 6) is -0.367. The van der Waals surface area contributed by atoms with E-state index in [9.17, 15) is 13.2 Å². The maximum Gasteiger partial charge on any atom is 0.264 e. The fourth-order valence-electron chi connectivity index (χ4n) is 3.14. The van der Waals surface area contributed by atoms with Crippen LogP contribution in [0.5, 0.6) is 0 Å². The molecule has 0 saturated heterocycles. The number of aromatic nitrogens is 1. The van der Waals surface area contributed by atoms with Crippen molar-refractivity contribution in [3.63, 3.8) is 0 Å². The molecule has 4 aromatic rings. The molecular formula is C23H19N3O3S. The van der Waals surface area contributed by atoms with Crippen LogP contribution in [0.1, 0.15) is 15.9 Å². The second-order valence-electron chi connectivity index (χ2n) is 6.65. The number of amides is 1. The number of para-hydroxylation sites is 2. The number of hydrogen-bond acceptors (Lipinski definition) is 4. The normalized spacial score (nSPS) is 11.2. The highest BCUT2D eigenvalue weighted by molar-refractivity contribution is 7.93. The highest BCUT2D eigenvalue weighted by Crippen LogP contribution is 2.25. The van der Waals surface area contributed by atoms with Crippen molar-refractivity contribution in [2.24, 2.45) is 0 Å². The number of carbonyl (C=O) groups is 1. The number of hydrogen-bond donors (Lipinski definition) is 2. The minimum Gasteiger partial charge on any atom is -0.348 e. The van der Waals surface area contributed by atoms with Gasteiger partial charge in [0.25, 0.3) is 15.9 Å². The minimum absolute atomic E-state index is 0.0556. The van der Waals surface area contributed by atoms with Crippen LogP contribution < -0.4 is 10.0 Å². The molecule has 0 spiro atoms. The zero-order valence-electron chi connectivity index (χ0n) is 15.9. The van der Waals surface area contributed by atoms with Crippen molar-refractivity contribution < 1.29 is 13.2 Å². The van der Waals surface area contributed by atoms with Crippen LogP contribution >= 0.6 is 0 Å². The van der Waals surface area contributed by atoms with Gasteiger partial charge in [-0.25, -0.2) is 8.42 Å². The number of rotatable bonds is 6. The Morgan fingerprint density at radius 1 is 0.833 bits per heavy atom. The number of carbonyl (C=O) groups excluding carboxylic acids is 1. The summed E-state index contributed by atoms with van der Waals surface area (Å²) >= 11 is 0. The van der Waals surface area contributed by atoms with E-state index in [1.807, 2.05) is 30.3 Å². The Kier molecular flexibility index (Phi) is 5.45. The first-order valence-corrected chi connectivity index (χ1v) is 10.8. The predicted molar refractivity (Wildman–Crippen MR) is 117 cm³/mol. The summed E-state index contributed by atoms with van der Waals surface area (Å²) in [7, 11) is -3.96. The van der Waals surface area contributed by atoms with Crippen molar-refractivity contribution in [2.45, 2.75) is 11.4 Å². The van der Waals surface area contributed by atoms with Gasteiger partial charge in [0.1, 0.15) is 4.90 Å². The summed E-state index contributed by atoms with van der Waals surface area (Å²) in [4.78, 5) is 17.0. The third-order valence-corrected chi connectivity index (χ3v) is 5.99. The highest BCUT2D eigenvalue weighted by Gasteiger charge is 2.21. The first kappa shape index (κ1) is 19.6. The first-order valence-electron chi connectivity index (χ1n) is 9.32. The molecule has 0 aliphatic heterocycles. The number of anilines is 1. The number of sulfonamides is 1. The highest BCUT2D eigenvalue weighted by atomic mass is 32.2. The molecule has 4 rings (SSSR count). The van der Waals surface area contributed by atoms with E-state index in [-0.39, 0.29) is 22.1 Å². The van der Waals surface area contributed by atoms with Gasteiger partial charge < -0.3 is 5.32 Å². The monoisotopic (exact) mass is 417 g/mol. The third-order valence-electron chi connectivity index (χ3n) is 4.60. The van der Waals surface area contributed by atoms with Crippen molar-refractivity contribution in [2.75, 3.05) is 4.72 Å². The zero-order valence-corrected chi connectivity index (χ0v) is 16.8. The van der Waals surface area contributed by atoms with Gasteiger partial charge in [0.2, 0.25) is 0 Å². The summed E-state index contributed by atoms with van der Waals surface area (Å²) in [5.41, 5.74) is 1.77. The average molecular weight is 417 g/mol. The van der Waals surface area contributed by atoms with Crippen LogP contribution in [0.25, 0.3) is 10.9 Å². The van der Waals surface area contributed by atoms with Gasteiger partial charge in [0.05, 0.1) is 16.8 Å². The molecule has 0 fully saturated rings. The van der Waals surface area contributed by atoms with Gasteiger partial charge in [-0.2, -0.15) is 0 Å². The van der Waals surface area contributed by atoms with Crippen molar-refractivity contribution in [1.82, 2.24) is 10.3 Å². The van der Waals surface area contributed by atoms with Gasteiger partial charge >= 0.3 is 0 Å². The summed E-state index contributed by atoms with van der Waals surface area (Å²) in [6.45, 7) is 0.341. The summed E-state index contributed by atoms with van der Waals surface area (Å²) in [6.07, 6.45) is 1.55. The fourth-order valence-corrected chi connectivity index (χ4v) is 4.40. The van der Waals surface area contributed by atoms with Crippen LogP contribution in [-0.4, -0.2) is 19.3 Å². The first-order chi connectivity index (χ1) is 14.5. The molecule has 1 aromatic heterocycles. The Morgan fingerprint density at radius 2 is 1.57 bits per heavy atom. The Balaban J connectivity index is 1.61. The standard InChI is InChI=1S/C23H19N3O3S/c27-23(25-16-17-8-2-1-3-9-17)19-12-4-5-13-20(19)26-30(28,29)21-14-6-10-18-11-7-15-24-22(18)21/h1-15,26H,16H2,(H,25,27). The lowest BCUT2D eigenvalue weighted by atomic mass is 10.1. The van der Waals surface area contributed by atoms with E-state index in [4.69, 9.17) is 0 Å². The van der Waals surface area contributed by atoms with Crippen molar-refractivity contribution >= 4 is 32.5 Å². The van der Waals surface area contributed by atoms with Crippen molar-refractivity contribution in [1.29, 1.82) is 0 Å². The molecule has 0 bridgehead atoms. The van der Waals surface area contributed by atoms with Gasteiger partial charge in [-0.3, -0.25) is 14.5 Å². The van der Waals surface area contributed by atoms with Crippen LogP contribution in [0.15, 0.2) is 96.0 Å². The van der Waals surface area contributed by atoms with E-state index in [0.29, 0.717) is 17.4 Å². The van der Waals surface area contributed by atoms with E-state index in [1.54, 1.807) is 54.7 Å². The van der Waals surface area contributed by atoms with Gasteiger partial charge in [-0.05, 0) is 29.8 Å². The van der Waals surface area contributed by atoms with Crippen LogP contribution in [0.4, 0.5) is 5.69 Å². The maximum absolute atomic E-state index is 13.1. The van der Waals surface area contributed by atoms with E-state index in [1.165, 1.54) is 6.07 Å².